The first-order valence-electron chi connectivity index (χ1n) is 10.9. The van der Waals surface area contributed by atoms with Gasteiger partial charge in [-0.15, -0.1) is 10.2 Å². The summed E-state index contributed by atoms with van der Waals surface area (Å²) < 4.78 is 46.7. The molecule has 1 aliphatic heterocycles. The summed E-state index contributed by atoms with van der Waals surface area (Å²) in [6.45, 7) is 1.10. The van der Waals surface area contributed by atoms with Crippen molar-refractivity contribution in [2.45, 2.75) is 43.9 Å². The molecule has 4 aromatic rings. The zero-order chi connectivity index (χ0) is 23.7. The Morgan fingerprint density at radius 2 is 1.97 bits per heavy atom. The normalized spacial score (nSPS) is 16.6. The molecule has 0 bridgehead atoms. The second-order valence-corrected chi connectivity index (χ2v) is 9.16. The minimum atomic E-state index is -4.34. The van der Waals surface area contributed by atoms with Crippen LogP contribution >= 0.6 is 11.6 Å². The van der Waals surface area contributed by atoms with Gasteiger partial charge in [-0.25, -0.2) is 4.98 Å². The van der Waals surface area contributed by atoms with Gasteiger partial charge in [0.25, 0.3) is 0 Å². The fourth-order valence-corrected chi connectivity index (χ4v) is 4.82. The molecule has 0 spiro atoms. The zero-order valence-corrected chi connectivity index (χ0v) is 18.9. The van der Waals surface area contributed by atoms with Gasteiger partial charge in [0, 0.05) is 49.7 Å². The molecule has 0 saturated heterocycles. The minimum Gasteiger partial charge on any atom is -0.344 e. The lowest BCUT2D eigenvalue weighted by Crippen LogP contribution is -2.32. The molecule has 0 atom stereocenters. The predicted octanol–water partition coefficient (Wildman–Crippen LogP) is 4.94. The van der Waals surface area contributed by atoms with Crippen LogP contribution in [-0.4, -0.2) is 40.3 Å². The molecule has 2 aliphatic rings. The van der Waals surface area contributed by atoms with E-state index in [9.17, 15) is 13.2 Å². The molecule has 1 fully saturated rings. The van der Waals surface area contributed by atoms with Crippen molar-refractivity contribution in [3.63, 3.8) is 0 Å². The van der Waals surface area contributed by atoms with E-state index in [1.807, 2.05) is 36.0 Å². The summed E-state index contributed by atoms with van der Waals surface area (Å²) in [5.41, 5.74) is 0.426. The van der Waals surface area contributed by atoms with Crippen LogP contribution in [0.2, 0.25) is 5.02 Å². The van der Waals surface area contributed by atoms with Gasteiger partial charge in [0.1, 0.15) is 22.9 Å². The van der Waals surface area contributed by atoms with Crippen LogP contribution in [0.1, 0.15) is 25.1 Å². The molecule has 0 aromatic carbocycles. The molecule has 176 valence electrons. The number of alkyl halides is 3. The summed E-state index contributed by atoms with van der Waals surface area (Å²) in [6, 6.07) is 5.57. The third kappa shape index (κ3) is 3.21. The maximum Gasteiger partial charge on any atom is 0.401 e. The third-order valence-electron chi connectivity index (χ3n) is 6.62. The first kappa shape index (κ1) is 21.2. The molecule has 4 aromatic heterocycles. The quantitative estimate of drug-likeness (QED) is 0.440. The average Bonchev–Trinajstić information content (AvgIpc) is 3.20. The van der Waals surface area contributed by atoms with Gasteiger partial charge >= 0.3 is 6.18 Å². The van der Waals surface area contributed by atoms with Gasteiger partial charge in [-0.2, -0.15) is 18.3 Å². The number of halogens is 4. The fraction of sp³-hybridized carbons (Fsp3) is 0.364. The fourth-order valence-electron chi connectivity index (χ4n) is 4.60. The highest BCUT2D eigenvalue weighted by atomic mass is 35.5. The van der Waals surface area contributed by atoms with E-state index in [1.54, 1.807) is 21.6 Å². The van der Waals surface area contributed by atoms with Crippen molar-refractivity contribution in [1.82, 2.24) is 34.1 Å². The number of aryl methyl sites for hydroxylation is 2. The lowest BCUT2D eigenvalue weighted by molar-refractivity contribution is -0.163. The van der Waals surface area contributed by atoms with Gasteiger partial charge in [-0.3, -0.25) is 4.68 Å². The minimum absolute atomic E-state index is 0.0239. The van der Waals surface area contributed by atoms with Crippen molar-refractivity contribution >= 4 is 23.2 Å². The van der Waals surface area contributed by atoms with Gasteiger partial charge in [0.2, 0.25) is 0 Å². The molecule has 1 saturated carbocycles. The molecular weight excluding hydrogens is 469 g/mol. The topological polar surface area (TPSA) is 78.4 Å². The second-order valence-electron chi connectivity index (χ2n) is 8.75. The van der Waals surface area contributed by atoms with Crippen molar-refractivity contribution in [3.8, 4) is 22.6 Å². The number of rotatable bonds is 4. The van der Waals surface area contributed by atoms with Crippen molar-refractivity contribution in [1.29, 1.82) is 0 Å². The maximum absolute atomic E-state index is 13.8. The molecule has 1 aliphatic carbocycles. The van der Waals surface area contributed by atoms with Gasteiger partial charge in [-0.05, 0) is 31.4 Å². The molecule has 0 radical (unpaired) electrons. The summed E-state index contributed by atoms with van der Waals surface area (Å²) >= 11 is 6.49. The molecular formula is C22H20ClF3N8. The lowest BCUT2D eigenvalue weighted by atomic mass is 10.1. The Morgan fingerprint density at radius 1 is 1.15 bits per heavy atom. The Morgan fingerprint density at radius 3 is 2.68 bits per heavy atom. The highest BCUT2D eigenvalue weighted by Gasteiger charge is 2.67. The SMILES string of the molecule is Cn1nccc1Nc1cc(-c2cc3n(c2)CCCn2c-3nnc2C2(C(F)(F)F)CC2)c(Cl)cn1. The highest BCUT2D eigenvalue weighted by Crippen LogP contribution is 2.58. The summed E-state index contributed by atoms with van der Waals surface area (Å²) in [5, 5.41) is 16.0. The predicted molar refractivity (Wildman–Crippen MR) is 120 cm³/mol. The van der Waals surface area contributed by atoms with Crippen molar-refractivity contribution < 1.29 is 13.2 Å². The number of fused-ring (bicyclic) bond motifs is 3. The number of nitrogens with one attached hydrogen (secondary N) is 1. The smallest absolute Gasteiger partial charge is 0.344 e. The third-order valence-corrected chi connectivity index (χ3v) is 6.92. The second kappa shape index (κ2) is 7.33. The van der Waals surface area contributed by atoms with Gasteiger partial charge in [0.15, 0.2) is 5.82 Å². The number of hydrogen-bond acceptors (Lipinski definition) is 5. The first-order chi connectivity index (χ1) is 16.3. The number of anilines is 2. The molecule has 34 heavy (non-hydrogen) atoms. The Labute approximate surface area is 197 Å². The van der Waals surface area contributed by atoms with E-state index in [0.717, 1.165) is 22.6 Å². The van der Waals surface area contributed by atoms with Crippen LogP contribution in [-0.2, 0) is 25.6 Å². The van der Waals surface area contributed by atoms with Crippen molar-refractivity contribution in [2.75, 3.05) is 5.32 Å². The van der Waals surface area contributed by atoms with Gasteiger partial charge in [0.05, 0.1) is 16.9 Å². The molecule has 6 rings (SSSR count). The summed E-state index contributed by atoms with van der Waals surface area (Å²) in [5.74, 6) is 1.84. The number of aromatic nitrogens is 7. The summed E-state index contributed by atoms with van der Waals surface area (Å²) in [7, 11) is 1.82. The standard InChI is InChI=1S/C22H20ClF3N8/c1-32-18(3-6-28-32)29-17-10-14(15(23)11-27-17)13-9-16-19-30-31-20(21(4-5-21)22(24,25)26)34(19)8-2-7-33(16)12-13/h3,6,9-12H,2,4-5,7-8H2,1H3,(H,27,29). The van der Waals surface area contributed by atoms with Crippen LogP contribution in [0, 0.1) is 0 Å². The van der Waals surface area contributed by atoms with E-state index in [0.29, 0.717) is 36.2 Å². The molecule has 1 N–H and O–H groups in total. The van der Waals surface area contributed by atoms with Crippen LogP contribution in [0.15, 0.2) is 36.8 Å². The molecule has 0 unspecified atom stereocenters. The average molecular weight is 489 g/mol. The van der Waals surface area contributed by atoms with Crippen LogP contribution in [0.3, 0.4) is 0 Å². The van der Waals surface area contributed by atoms with Gasteiger partial charge < -0.3 is 14.5 Å². The Kier molecular flexibility index (Phi) is 4.57. The van der Waals surface area contributed by atoms with E-state index in [1.165, 1.54) is 0 Å². The Bertz CT molecular complexity index is 1400. The highest BCUT2D eigenvalue weighted by molar-refractivity contribution is 6.33. The van der Waals surface area contributed by atoms with Crippen LogP contribution in [0.4, 0.5) is 24.8 Å². The number of nitrogens with zero attached hydrogens (tertiary/aromatic N) is 7. The van der Waals surface area contributed by atoms with Crippen LogP contribution in [0.5, 0.6) is 0 Å². The van der Waals surface area contributed by atoms with E-state index < -0.39 is 11.6 Å². The lowest BCUT2D eigenvalue weighted by Gasteiger charge is -2.19. The van der Waals surface area contributed by atoms with E-state index >= 15 is 0 Å². The summed E-state index contributed by atoms with van der Waals surface area (Å²) in [4.78, 5) is 4.35. The Hall–Kier alpha value is -3.34. The van der Waals surface area contributed by atoms with Crippen LogP contribution < -0.4 is 5.32 Å². The summed E-state index contributed by atoms with van der Waals surface area (Å²) in [6.07, 6.45) is 1.64. The monoisotopic (exact) mass is 488 g/mol. The van der Waals surface area contributed by atoms with Crippen molar-refractivity contribution in [2.24, 2.45) is 7.05 Å². The molecule has 5 heterocycles. The van der Waals surface area contributed by atoms with Gasteiger partial charge in [-0.1, -0.05) is 11.6 Å². The Balaban J connectivity index is 1.39. The van der Waals surface area contributed by atoms with E-state index in [-0.39, 0.29) is 18.7 Å². The number of pyridine rings is 1. The van der Waals surface area contributed by atoms with E-state index in [4.69, 9.17) is 11.6 Å². The first-order valence-corrected chi connectivity index (χ1v) is 11.3. The number of hydrogen-bond donors (Lipinski definition) is 1. The van der Waals surface area contributed by atoms with Crippen LogP contribution in [0.25, 0.3) is 22.6 Å². The maximum atomic E-state index is 13.8. The zero-order valence-electron chi connectivity index (χ0n) is 18.1. The molecule has 8 nitrogen and oxygen atoms in total. The largest absolute Gasteiger partial charge is 0.401 e. The van der Waals surface area contributed by atoms with E-state index in [2.05, 4.69) is 25.6 Å². The molecule has 12 heteroatoms. The van der Waals surface area contributed by atoms with Crippen molar-refractivity contribution in [3.05, 3.63) is 47.6 Å². The molecule has 0 amide bonds.